The van der Waals surface area contributed by atoms with Gasteiger partial charge in [0.05, 0.1) is 25.7 Å². The molecule has 0 fully saturated rings. The van der Waals surface area contributed by atoms with Crippen molar-refractivity contribution in [2.75, 3.05) is 20.0 Å². The van der Waals surface area contributed by atoms with Crippen molar-refractivity contribution in [3.63, 3.8) is 0 Å². The van der Waals surface area contributed by atoms with Crippen LogP contribution >= 0.6 is 11.8 Å². The van der Waals surface area contributed by atoms with Crippen LogP contribution in [0.1, 0.15) is 5.56 Å². The van der Waals surface area contributed by atoms with Gasteiger partial charge in [0, 0.05) is 12.1 Å². The summed E-state index contributed by atoms with van der Waals surface area (Å²) in [5.74, 6) is 0.888. The molecule has 2 heterocycles. The minimum absolute atomic E-state index is 0.143. The monoisotopic (exact) mass is 453 g/mol. The summed E-state index contributed by atoms with van der Waals surface area (Å²) < 4.78 is 25.2. The lowest BCUT2D eigenvalue weighted by molar-refractivity contribution is -0.118. The first kappa shape index (κ1) is 21.6. The molecule has 164 valence electrons. The summed E-state index contributed by atoms with van der Waals surface area (Å²) >= 11 is 1.23. The first-order chi connectivity index (χ1) is 15.6. The highest BCUT2D eigenvalue weighted by Gasteiger charge is 2.13. The van der Waals surface area contributed by atoms with Crippen molar-refractivity contribution < 1.29 is 18.7 Å². The minimum atomic E-state index is -0.311. The molecule has 1 amide bonds. The van der Waals surface area contributed by atoms with Crippen LogP contribution in [-0.2, 0) is 11.3 Å². The average Bonchev–Trinajstić information content (AvgIpc) is 3.24. The van der Waals surface area contributed by atoms with Crippen molar-refractivity contribution >= 4 is 23.3 Å². The second-order valence-electron chi connectivity index (χ2n) is 6.73. The smallest absolute Gasteiger partial charge is 0.230 e. The van der Waals surface area contributed by atoms with Crippen LogP contribution in [0.15, 0.2) is 59.8 Å². The second kappa shape index (κ2) is 9.65. The van der Waals surface area contributed by atoms with Crippen molar-refractivity contribution in [2.45, 2.75) is 11.7 Å². The highest BCUT2D eigenvalue weighted by atomic mass is 32.2. The number of carbonyl (C=O) groups is 1. The largest absolute Gasteiger partial charge is 0.493 e. The molecule has 0 radical (unpaired) electrons. The number of rotatable bonds is 8. The third kappa shape index (κ3) is 4.80. The lowest BCUT2D eigenvalue weighted by Crippen LogP contribution is -2.24. The molecule has 0 aliphatic heterocycles. The minimum Gasteiger partial charge on any atom is -0.493 e. The lowest BCUT2D eigenvalue weighted by Gasteiger charge is -2.09. The van der Waals surface area contributed by atoms with Crippen molar-refractivity contribution in [3.05, 3.63) is 66.0 Å². The van der Waals surface area contributed by atoms with Crippen molar-refractivity contribution in [1.29, 1.82) is 0 Å². The van der Waals surface area contributed by atoms with E-state index in [0.29, 0.717) is 34.5 Å². The molecule has 10 heteroatoms. The Kier molecular flexibility index (Phi) is 6.50. The number of fused-ring (bicyclic) bond motifs is 1. The molecule has 32 heavy (non-hydrogen) atoms. The number of nitrogens with one attached hydrogen (secondary N) is 1. The van der Waals surface area contributed by atoms with E-state index in [0.717, 1.165) is 11.1 Å². The Hall–Kier alpha value is -3.66. The van der Waals surface area contributed by atoms with E-state index in [1.165, 1.54) is 23.9 Å². The molecule has 4 aromatic rings. The highest BCUT2D eigenvalue weighted by Crippen LogP contribution is 2.31. The third-order valence-corrected chi connectivity index (χ3v) is 5.57. The summed E-state index contributed by atoms with van der Waals surface area (Å²) in [5.41, 5.74) is 2.93. The topological polar surface area (TPSA) is 90.6 Å². The van der Waals surface area contributed by atoms with E-state index >= 15 is 0 Å². The maximum atomic E-state index is 13.0. The third-order valence-electron chi connectivity index (χ3n) is 4.65. The summed E-state index contributed by atoms with van der Waals surface area (Å²) in [6, 6.07) is 15.2. The molecular formula is C22H20FN5O3S. The molecule has 1 N–H and O–H groups in total. The van der Waals surface area contributed by atoms with Crippen LogP contribution in [0.2, 0.25) is 0 Å². The van der Waals surface area contributed by atoms with E-state index in [2.05, 4.69) is 20.6 Å². The van der Waals surface area contributed by atoms with E-state index in [9.17, 15) is 9.18 Å². The Labute approximate surface area is 187 Å². The number of hydrogen-bond acceptors (Lipinski definition) is 7. The maximum Gasteiger partial charge on any atom is 0.230 e. The first-order valence-electron chi connectivity index (χ1n) is 9.66. The van der Waals surface area contributed by atoms with Gasteiger partial charge < -0.3 is 14.8 Å². The van der Waals surface area contributed by atoms with E-state index in [1.54, 1.807) is 30.9 Å². The number of thioether (sulfide) groups is 1. The quantitative estimate of drug-likeness (QED) is 0.409. The number of amides is 1. The van der Waals surface area contributed by atoms with Crippen LogP contribution < -0.4 is 14.8 Å². The molecule has 8 nitrogen and oxygen atoms in total. The molecule has 0 atom stereocenters. The van der Waals surface area contributed by atoms with Gasteiger partial charge in [0.15, 0.2) is 17.1 Å². The van der Waals surface area contributed by atoms with Gasteiger partial charge in [-0.3, -0.25) is 4.79 Å². The number of ether oxygens (including phenoxy) is 2. The van der Waals surface area contributed by atoms with Gasteiger partial charge >= 0.3 is 0 Å². The number of aromatic nitrogens is 4. The predicted octanol–water partition coefficient (Wildman–Crippen LogP) is 3.36. The summed E-state index contributed by atoms with van der Waals surface area (Å²) in [7, 11) is 3.16. The Bertz CT molecular complexity index is 1250. The fourth-order valence-corrected chi connectivity index (χ4v) is 3.71. The SMILES string of the molecule is COc1ccc(-c2ccc3nnc(SCC(=O)NCc4ccc(F)cc4)n3n2)cc1OC. The number of methoxy groups -OCH3 is 2. The summed E-state index contributed by atoms with van der Waals surface area (Å²) in [4.78, 5) is 12.2. The van der Waals surface area contributed by atoms with Gasteiger partial charge in [-0.2, -0.15) is 9.61 Å². The number of carbonyl (C=O) groups excluding carboxylic acids is 1. The molecule has 2 aromatic heterocycles. The van der Waals surface area contributed by atoms with Crippen LogP contribution in [0.25, 0.3) is 16.9 Å². The molecule has 0 aliphatic carbocycles. The van der Waals surface area contributed by atoms with Gasteiger partial charge in [-0.05, 0) is 48.0 Å². The van der Waals surface area contributed by atoms with Crippen LogP contribution in [-0.4, -0.2) is 45.7 Å². The van der Waals surface area contributed by atoms with E-state index in [1.807, 2.05) is 30.3 Å². The van der Waals surface area contributed by atoms with Crippen LogP contribution in [0.3, 0.4) is 0 Å². The van der Waals surface area contributed by atoms with Gasteiger partial charge in [-0.15, -0.1) is 10.2 Å². The predicted molar refractivity (Wildman–Crippen MR) is 118 cm³/mol. The summed E-state index contributed by atoms with van der Waals surface area (Å²) in [6.45, 7) is 0.321. The van der Waals surface area contributed by atoms with Gasteiger partial charge in [-0.25, -0.2) is 4.39 Å². The first-order valence-corrected chi connectivity index (χ1v) is 10.6. The molecule has 4 rings (SSSR count). The lowest BCUT2D eigenvalue weighted by atomic mass is 10.1. The number of halogens is 1. The molecule has 0 unspecified atom stereocenters. The zero-order chi connectivity index (χ0) is 22.5. The standard InChI is InChI=1S/C22H20FN5O3S/c1-30-18-9-5-15(11-19(18)31-2)17-8-10-20-25-26-22(28(20)27-17)32-13-21(29)24-12-14-3-6-16(23)7-4-14/h3-11H,12-13H2,1-2H3,(H,24,29). The number of hydrogen-bond donors (Lipinski definition) is 1. The Balaban J connectivity index is 1.46. The van der Waals surface area contributed by atoms with Crippen LogP contribution in [0.5, 0.6) is 11.5 Å². The molecule has 0 saturated carbocycles. The van der Waals surface area contributed by atoms with E-state index in [-0.39, 0.29) is 17.5 Å². The van der Waals surface area contributed by atoms with Gasteiger partial charge in [0.1, 0.15) is 5.82 Å². The van der Waals surface area contributed by atoms with Crippen LogP contribution in [0.4, 0.5) is 4.39 Å². The van der Waals surface area contributed by atoms with Gasteiger partial charge in [0.2, 0.25) is 11.1 Å². The fraction of sp³-hybridized carbons (Fsp3) is 0.182. The normalized spacial score (nSPS) is 10.8. The van der Waals surface area contributed by atoms with E-state index in [4.69, 9.17) is 9.47 Å². The number of nitrogens with zero attached hydrogens (tertiary/aromatic N) is 4. The van der Waals surface area contributed by atoms with Crippen molar-refractivity contribution in [3.8, 4) is 22.8 Å². The Morgan fingerprint density at radius 1 is 1.03 bits per heavy atom. The number of benzene rings is 2. The van der Waals surface area contributed by atoms with Crippen LogP contribution in [0, 0.1) is 5.82 Å². The van der Waals surface area contributed by atoms with Gasteiger partial charge in [-0.1, -0.05) is 23.9 Å². The Morgan fingerprint density at radius 2 is 1.81 bits per heavy atom. The van der Waals surface area contributed by atoms with Gasteiger partial charge in [0.25, 0.3) is 0 Å². The maximum absolute atomic E-state index is 13.0. The average molecular weight is 453 g/mol. The summed E-state index contributed by atoms with van der Waals surface area (Å²) in [5, 5.41) is 16.2. The second-order valence-corrected chi connectivity index (χ2v) is 7.68. The molecule has 0 spiro atoms. The Morgan fingerprint density at radius 3 is 2.56 bits per heavy atom. The highest BCUT2D eigenvalue weighted by molar-refractivity contribution is 7.99. The zero-order valence-corrected chi connectivity index (χ0v) is 18.2. The molecular weight excluding hydrogens is 433 g/mol. The molecule has 0 bridgehead atoms. The fourth-order valence-electron chi connectivity index (χ4n) is 2.99. The van der Waals surface area contributed by atoms with E-state index < -0.39 is 0 Å². The molecule has 2 aromatic carbocycles. The summed E-state index contributed by atoms with van der Waals surface area (Å²) in [6.07, 6.45) is 0. The zero-order valence-electron chi connectivity index (χ0n) is 17.4. The van der Waals surface area contributed by atoms with Crippen molar-refractivity contribution in [1.82, 2.24) is 25.1 Å². The molecule has 0 saturated heterocycles. The van der Waals surface area contributed by atoms with Crippen molar-refractivity contribution in [2.24, 2.45) is 0 Å². The molecule has 0 aliphatic rings.